The highest BCUT2D eigenvalue weighted by Gasteiger charge is 2.31. The van der Waals surface area contributed by atoms with Gasteiger partial charge < -0.3 is 4.90 Å². The van der Waals surface area contributed by atoms with Crippen LogP contribution in [0.2, 0.25) is 5.02 Å². The molecule has 0 N–H and O–H groups in total. The molecule has 2 aromatic carbocycles. The van der Waals surface area contributed by atoms with Crippen molar-refractivity contribution in [2.45, 2.75) is 31.8 Å². The molecule has 1 atom stereocenters. The van der Waals surface area contributed by atoms with Crippen LogP contribution < -0.4 is 0 Å². The SMILES string of the molecule is O=C(c1ccc([N+](=O)[O-])cc1Cl)N1CCC[C@@H](N2CCc3ccccc3C2)C1. The van der Waals surface area contributed by atoms with E-state index >= 15 is 0 Å². The molecule has 0 radical (unpaired) electrons. The highest BCUT2D eigenvalue weighted by molar-refractivity contribution is 6.34. The average Bonchev–Trinajstić information content (AvgIpc) is 2.73. The first-order valence-corrected chi connectivity index (χ1v) is 9.95. The Bertz CT molecular complexity index is 918. The van der Waals surface area contributed by atoms with Gasteiger partial charge in [-0.3, -0.25) is 19.8 Å². The Morgan fingerprint density at radius 3 is 2.68 bits per heavy atom. The van der Waals surface area contributed by atoms with E-state index in [4.69, 9.17) is 11.6 Å². The molecular formula is C21H22ClN3O3. The summed E-state index contributed by atoms with van der Waals surface area (Å²) in [5.74, 6) is -0.151. The molecule has 1 amide bonds. The largest absolute Gasteiger partial charge is 0.337 e. The lowest BCUT2D eigenvalue weighted by atomic mass is 9.95. The van der Waals surface area contributed by atoms with E-state index in [0.29, 0.717) is 24.7 Å². The van der Waals surface area contributed by atoms with E-state index in [1.165, 1.54) is 29.3 Å². The van der Waals surface area contributed by atoms with Crippen LogP contribution in [0.1, 0.15) is 34.3 Å². The maximum absolute atomic E-state index is 13.0. The van der Waals surface area contributed by atoms with Crippen molar-refractivity contribution in [2.24, 2.45) is 0 Å². The molecule has 2 heterocycles. The standard InChI is InChI=1S/C21H22ClN3O3/c22-20-12-17(25(27)28)7-8-19(20)21(26)24-10-3-6-18(14-24)23-11-9-15-4-1-2-5-16(15)13-23/h1-2,4-5,7-8,12,18H,3,6,9-11,13-14H2/t18-/m1/s1. The van der Waals surface area contributed by atoms with Crippen LogP contribution in [0.4, 0.5) is 5.69 Å². The van der Waals surface area contributed by atoms with Crippen LogP contribution in [0.15, 0.2) is 42.5 Å². The molecule has 0 spiro atoms. The monoisotopic (exact) mass is 399 g/mol. The van der Waals surface area contributed by atoms with Gasteiger partial charge in [0.15, 0.2) is 0 Å². The van der Waals surface area contributed by atoms with Gasteiger partial charge in [0.1, 0.15) is 0 Å². The van der Waals surface area contributed by atoms with Gasteiger partial charge in [0.25, 0.3) is 11.6 Å². The normalized spacial score (nSPS) is 19.9. The molecule has 0 aromatic heterocycles. The molecule has 1 fully saturated rings. The third-order valence-electron chi connectivity index (χ3n) is 5.75. The second-order valence-corrected chi connectivity index (χ2v) is 7.86. The number of nitro benzene ring substituents is 1. The second kappa shape index (κ2) is 7.89. The van der Waals surface area contributed by atoms with Crippen LogP contribution in [0.25, 0.3) is 0 Å². The third kappa shape index (κ3) is 3.75. The molecule has 2 aliphatic heterocycles. The van der Waals surface area contributed by atoms with Crippen molar-refractivity contribution < 1.29 is 9.72 Å². The van der Waals surface area contributed by atoms with Gasteiger partial charge in [0.2, 0.25) is 0 Å². The summed E-state index contributed by atoms with van der Waals surface area (Å²) < 4.78 is 0. The minimum Gasteiger partial charge on any atom is -0.337 e. The van der Waals surface area contributed by atoms with Crippen LogP contribution in [0, 0.1) is 10.1 Å². The Labute approximate surface area is 168 Å². The minimum atomic E-state index is -0.509. The average molecular weight is 400 g/mol. The number of nitro groups is 1. The lowest BCUT2D eigenvalue weighted by Gasteiger charge is -2.41. The smallest absolute Gasteiger partial charge is 0.270 e. The lowest BCUT2D eigenvalue weighted by molar-refractivity contribution is -0.384. The summed E-state index contributed by atoms with van der Waals surface area (Å²) in [6.45, 7) is 3.27. The molecule has 4 rings (SSSR count). The number of nitrogens with zero attached hydrogens (tertiary/aromatic N) is 3. The Balaban J connectivity index is 1.47. The summed E-state index contributed by atoms with van der Waals surface area (Å²) in [5, 5.41) is 11.0. The van der Waals surface area contributed by atoms with Crippen LogP contribution in [-0.4, -0.2) is 46.3 Å². The molecule has 1 saturated heterocycles. The van der Waals surface area contributed by atoms with Crippen LogP contribution in [0.5, 0.6) is 0 Å². The van der Waals surface area contributed by atoms with Crippen molar-refractivity contribution in [3.63, 3.8) is 0 Å². The molecule has 0 bridgehead atoms. The Morgan fingerprint density at radius 2 is 1.93 bits per heavy atom. The first-order valence-electron chi connectivity index (χ1n) is 9.57. The third-order valence-corrected chi connectivity index (χ3v) is 6.07. The molecule has 7 heteroatoms. The van der Waals surface area contributed by atoms with Crippen molar-refractivity contribution in [1.29, 1.82) is 0 Å². The first-order chi connectivity index (χ1) is 13.5. The molecule has 28 heavy (non-hydrogen) atoms. The summed E-state index contributed by atoms with van der Waals surface area (Å²) >= 11 is 6.17. The van der Waals surface area contributed by atoms with Crippen molar-refractivity contribution in [3.8, 4) is 0 Å². The maximum Gasteiger partial charge on any atom is 0.270 e. The summed E-state index contributed by atoms with van der Waals surface area (Å²) in [6, 6.07) is 12.9. The summed E-state index contributed by atoms with van der Waals surface area (Å²) in [4.78, 5) is 27.7. The predicted molar refractivity (Wildman–Crippen MR) is 108 cm³/mol. The van der Waals surface area contributed by atoms with E-state index in [2.05, 4.69) is 29.2 Å². The van der Waals surface area contributed by atoms with E-state index in [0.717, 1.165) is 32.4 Å². The number of carbonyl (C=O) groups is 1. The fraction of sp³-hybridized carbons (Fsp3) is 0.381. The van der Waals surface area contributed by atoms with E-state index < -0.39 is 4.92 Å². The Morgan fingerprint density at radius 1 is 1.14 bits per heavy atom. The lowest BCUT2D eigenvalue weighted by Crippen LogP contribution is -2.51. The highest BCUT2D eigenvalue weighted by Crippen LogP contribution is 2.27. The molecule has 2 aromatic rings. The molecule has 2 aliphatic rings. The number of hydrogen-bond acceptors (Lipinski definition) is 4. The predicted octanol–water partition coefficient (Wildman–Crippen LogP) is 3.91. The fourth-order valence-electron chi connectivity index (χ4n) is 4.23. The van der Waals surface area contributed by atoms with Crippen molar-refractivity contribution in [3.05, 3.63) is 74.3 Å². The van der Waals surface area contributed by atoms with E-state index in [1.807, 2.05) is 4.90 Å². The van der Waals surface area contributed by atoms with Gasteiger partial charge in [-0.05, 0) is 36.5 Å². The summed E-state index contributed by atoms with van der Waals surface area (Å²) in [5.41, 5.74) is 3.01. The summed E-state index contributed by atoms with van der Waals surface area (Å²) in [7, 11) is 0. The number of halogens is 1. The molecule has 6 nitrogen and oxygen atoms in total. The number of amides is 1. The number of piperidine rings is 1. The maximum atomic E-state index is 13.0. The number of carbonyl (C=O) groups excluding carboxylic acids is 1. The number of hydrogen-bond donors (Lipinski definition) is 0. The number of fused-ring (bicyclic) bond motifs is 1. The number of benzene rings is 2. The van der Waals surface area contributed by atoms with Gasteiger partial charge in [0.05, 0.1) is 15.5 Å². The highest BCUT2D eigenvalue weighted by atomic mass is 35.5. The van der Waals surface area contributed by atoms with Gasteiger partial charge in [-0.1, -0.05) is 35.9 Å². The number of non-ortho nitro benzene ring substituents is 1. The Hall–Kier alpha value is -2.44. The molecule has 0 saturated carbocycles. The van der Waals surface area contributed by atoms with Crippen molar-refractivity contribution in [2.75, 3.05) is 19.6 Å². The van der Waals surface area contributed by atoms with E-state index in [-0.39, 0.29) is 16.6 Å². The quantitative estimate of drug-likeness (QED) is 0.579. The van der Waals surface area contributed by atoms with Crippen LogP contribution in [0.3, 0.4) is 0 Å². The minimum absolute atomic E-state index is 0.106. The molecular weight excluding hydrogens is 378 g/mol. The van der Waals surface area contributed by atoms with Gasteiger partial charge in [-0.2, -0.15) is 0 Å². The van der Waals surface area contributed by atoms with Crippen molar-refractivity contribution >= 4 is 23.2 Å². The van der Waals surface area contributed by atoms with Crippen LogP contribution in [-0.2, 0) is 13.0 Å². The molecule has 0 unspecified atom stereocenters. The first kappa shape index (κ1) is 18.9. The van der Waals surface area contributed by atoms with E-state index in [9.17, 15) is 14.9 Å². The van der Waals surface area contributed by atoms with E-state index in [1.54, 1.807) is 0 Å². The molecule has 0 aliphatic carbocycles. The Kier molecular flexibility index (Phi) is 5.33. The fourth-order valence-corrected chi connectivity index (χ4v) is 4.48. The van der Waals surface area contributed by atoms with Gasteiger partial charge >= 0.3 is 0 Å². The van der Waals surface area contributed by atoms with Crippen molar-refractivity contribution in [1.82, 2.24) is 9.80 Å². The number of likely N-dealkylation sites (tertiary alicyclic amines) is 1. The zero-order valence-electron chi connectivity index (χ0n) is 15.5. The number of rotatable bonds is 3. The van der Waals surface area contributed by atoms with Gasteiger partial charge in [-0.25, -0.2) is 0 Å². The zero-order chi connectivity index (χ0) is 19.7. The summed E-state index contributed by atoms with van der Waals surface area (Å²) in [6.07, 6.45) is 3.05. The van der Waals surface area contributed by atoms with Crippen LogP contribution >= 0.6 is 11.6 Å². The molecule has 146 valence electrons. The zero-order valence-corrected chi connectivity index (χ0v) is 16.3. The van der Waals surface area contributed by atoms with Gasteiger partial charge in [0, 0.05) is 44.4 Å². The topological polar surface area (TPSA) is 66.7 Å². The van der Waals surface area contributed by atoms with Gasteiger partial charge in [-0.15, -0.1) is 0 Å². The second-order valence-electron chi connectivity index (χ2n) is 7.46.